The zero-order chi connectivity index (χ0) is 18.5. The number of rotatable bonds is 8. The molecule has 0 fully saturated rings. The molecule has 0 aliphatic carbocycles. The van der Waals surface area contributed by atoms with Gasteiger partial charge in [-0.1, -0.05) is 13.8 Å². The highest BCUT2D eigenvalue weighted by Crippen LogP contribution is 2.19. The number of carboxylic acids is 1. The van der Waals surface area contributed by atoms with E-state index in [4.69, 9.17) is 5.11 Å². The second-order valence-electron chi connectivity index (χ2n) is 5.65. The molecule has 0 aliphatic rings. The fourth-order valence-electron chi connectivity index (χ4n) is 2.13. The van der Waals surface area contributed by atoms with Crippen LogP contribution in [0.5, 0.6) is 0 Å². The Kier molecular flexibility index (Phi) is 6.85. The molecule has 1 aromatic carbocycles. The molecule has 0 amide bonds. The van der Waals surface area contributed by atoms with Gasteiger partial charge in [0.15, 0.2) is 0 Å². The van der Waals surface area contributed by atoms with E-state index in [1.54, 1.807) is 0 Å². The summed E-state index contributed by atoms with van der Waals surface area (Å²) in [6.07, 6.45) is 0.269. The minimum absolute atomic E-state index is 0.0513. The first-order valence-electron chi connectivity index (χ1n) is 7.18. The summed E-state index contributed by atoms with van der Waals surface area (Å²) in [6, 6.07) is 2.62. The van der Waals surface area contributed by atoms with Crippen LogP contribution in [0.15, 0.2) is 23.1 Å². The quantitative estimate of drug-likeness (QED) is 0.681. The van der Waals surface area contributed by atoms with Crippen LogP contribution in [0.2, 0.25) is 0 Å². The molecule has 1 unspecified atom stereocenters. The van der Waals surface area contributed by atoms with E-state index in [2.05, 4.69) is 9.46 Å². The smallest absolute Gasteiger partial charge is 0.339 e. The Morgan fingerprint density at radius 1 is 1.33 bits per heavy atom. The zero-order valence-corrected chi connectivity index (χ0v) is 14.4. The Bertz CT molecular complexity index is 717. The van der Waals surface area contributed by atoms with Gasteiger partial charge in [-0.05, 0) is 30.5 Å². The predicted octanol–water partition coefficient (Wildman–Crippen LogP) is 1.64. The number of carbonyl (C=O) groups is 2. The second kappa shape index (κ2) is 8.20. The number of hydrogen-bond acceptors (Lipinski definition) is 5. The Morgan fingerprint density at radius 2 is 1.96 bits per heavy atom. The Morgan fingerprint density at radius 3 is 2.46 bits per heavy atom. The van der Waals surface area contributed by atoms with Crippen LogP contribution in [0.3, 0.4) is 0 Å². The van der Waals surface area contributed by atoms with Gasteiger partial charge >= 0.3 is 11.9 Å². The van der Waals surface area contributed by atoms with Crippen molar-refractivity contribution in [3.05, 3.63) is 29.6 Å². The zero-order valence-electron chi connectivity index (χ0n) is 13.6. The van der Waals surface area contributed by atoms with Gasteiger partial charge in [0, 0.05) is 6.54 Å². The Labute approximate surface area is 139 Å². The summed E-state index contributed by atoms with van der Waals surface area (Å²) in [6.45, 7) is 3.26. The Balaban J connectivity index is 3.10. The summed E-state index contributed by atoms with van der Waals surface area (Å²) in [4.78, 5) is 22.3. The van der Waals surface area contributed by atoms with Crippen LogP contribution in [0.25, 0.3) is 0 Å². The number of hydrogen-bond donors (Lipinski definition) is 2. The highest BCUT2D eigenvalue weighted by atomic mass is 32.2. The van der Waals surface area contributed by atoms with Crippen molar-refractivity contribution < 1.29 is 32.2 Å². The van der Waals surface area contributed by atoms with E-state index in [0.29, 0.717) is 6.07 Å². The van der Waals surface area contributed by atoms with Crippen molar-refractivity contribution in [2.75, 3.05) is 13.7 Å². The minimum Gasteiger partial charge on any atom is -0.481 e. The molecule has 9 heteroatoms. The summed E-state index contributed by atoms with van der Waals surface area (Å²) in [5, 5.41) is 9.15. The van der Waals surface area contributed by atoms with E-state index in [1.807, 2.05) is 13.8 Å². The number of halogens is 1. The molecule has 0 heterocycles. The van der Waals surface area contributed by atoms with Gasteiger partial charge in [-0.25, -0.2) is 22.3 Å². The molecule has 0 saturated carbocycles. The molecule has 134 valence electrons. The highest BCUT2D eigenvalue weighted by molar-refractivity contribution is 7.89. The van der Waals surface area contributed by atoms with Crippen LogP contribution in [-0.4, -0.2) is 39.1 Å². The van der Waals surface area contributed by atoms with Crippen LogP contribution in [0.4, 0.5) is 4.39 Å². The summed E-state index contributed by atoms with van der Waals surface area (Å²) < 4.78 is 44.7. The number of sulfonamides is 1. The van der Waals surface area contributed by atoms with E-state index in [0.717, 1.165) is 19.2 Å². The van der Waals surface area contributed by atoms with Gasteiger partial charge in [0.1, 0.15) is 5.82 Å². The van der Waals surface area contributed by atoms with Crippen LogP contribution >= 0.6 is 0 Å². The lowest BCUT2D eigenvalue weighted by atomic mass is 9.98. The van der Waals surface area contributed by atoms with E-state index in [-0.39, 0.29) is 24.4 Å². The largest absolute Gasteiger partial charge is 0.481 e. The lowest BCUT2D eigenvalue weighted by Gasteiger charge is -2.16. The molecule has 1 rings (SSSR count). The van der Waals surface area contributed by atoms with E-state index in [9.17, 15) is 22.4 Å². The van der Waals surface area contributed by atoms with Crippen molar-refractivity contribution in [1.29, 1.82) is 0 Å². The maximum absolute atomic E-state index is 13.4. The number of aliphatic carboxylic acids is 1. The molecular weight excluding hydrogens is 341 g/mol. The number of nitrogens with one attached hydrogen (secondary N) is 1. The lowest BCUT2D eigenvalue weighted by molar-refractivity contribution is -0.142. The monoisotopic (exact) mass is 361 g/mol. The minimum atomic E-state index is -4.29. The average molecular weight is 361 g/mol. The van der Waals surface area contributed by atoms with Crippen LogP contribution in [0, 0.1) is 17.7 Å². The van der Waals surface area contributed by atoms with Gasteiger partial charge in [0.25, 0.3) is 0 Å². The molecule has 0 bridgehead atoms. The number of carboxylic acid groups (broad SMARTS) is 1. The molecule has 7 nitrogen and oxygen atoms in total. The fourth-order valence-corrected chi connectivity index (χ4v) is 3.41. The number of ether oxygens (including phenoxy) is 1. The summed E-state index contributed by atoms with van der Waals surface area (Å²) >= 11 is 0. The van der Waals surface area contributed by atoms with Crippen LogP contribution in [0.1, 0.15) is 30.6 Å². The molecule has 0 spiro atoms. The summed E-state index contributed by atoms with van der Waals surface area (Å²) in [7, 11) is -3.22. The maximum Gasteiger partial charge on any atom is 0.339 e. The molecule has 24 heavy (non-hydrogen) atoms. The highest BCUT2D eigenvalue weighted by Gasteiger charge is 2.27. The van der Waals surface area contributed by atoms with Gasteiger partial charge < -0.3 is 9.84 Å². The van der Waals surface area contributed by atoms with E-state index >= 15 is 0 Å². The fraction of sp³-hybridized carbons (Fsp3) is 0.467. The van der Waals surface area contributed by atoms with Crippen LogP contribution in [-0.2, 0) is 19.6 Å². The third-order valence-corrected chi connectivity index (χ3v) is 4.73. The third kappa shape index (κ3) is 5.27. The SMILES string of the molecule is COC(=O)c1ccc(F)cc1S(=O)(=O)NCC(CC(C)C)C(=O)O. The lowest BCUT2D eigenvalue weighted by Crippen LogP contribution is -2.34. The van der Waals surface area contributed by atoms with E-state index < -0.39 is 38.6 Å². The standard InChI is InChI=1S/C15H20FNO6S/c1-9(2)6-10(14(18)19)8-17-24(21,22)13-7-11(16)4-5-12(13)15(20)23-3/h4-5,7,9-10,17H,6,8H2,1-3H3,(H,18,19). The van der Waals surface area contributed by atoms with Crippen LogP contribution < -0.4 is 4.72 Å². The van der Waals surface area contributed by atoms with Gasteiger partial charge in [-0.3, -0.25) is 4.79 Å². The van der Waals surface area contributed by atoms with Gasteiger partial charge in [-0.2, -0.15) is 0 Å². The number of methoxy groups -OCH3 is 1. The molecule has 0 radical (unpaired) electrons. The molecule has 2 N–H and O–H groups in total. The first kappa shape index (κ1) is 20.0. The van der Waals surface area contributed by atoms with Crippen molar-refractivity contribution in [2.24, 2.45) is 11.8 Å². The molecule has 0 saturated heterocycles. The Hall–Kier alpha value is -2.00. The maximum atomic E-state index is 13.4. The average Bonchev–Trinajstić information content (AvgIpc) is 2.50. The molecule has 0 aliphatic heterocycles. The first-order chi connectivity index (χ1) is 11.1. The normalized spacial score (nSPS) is 12.9. The predicted molar refractivity (Wildman–Crippen MR) is 83.5 cm³/mol. The van der Waals surface area contributed by atoms with Crippen molar-refractivity contribution in [3.8, 4) is 0 Å². The molecule has 0 aromatic heterocycles. The van der Waals surface area contributed by atoms with Crippen molar-refractivity contribution in [3.63, 3.8) is 0 Å². The topological polar surface area (TPSA) is 110 Å². The molecular formula is C15H20FNO6S. The third-order valence-electron chi connectivity index (χ3n) is 3.26. The molecule has 1 aromatic rings. The number of benzene rings is 1. The van der Waals surface area contributed by atoms with Gasteiger partial charge in [-0.15, -0.1) is 0 Å². The van der Waals surface area contributed by atoms with E-state index in [1.165, 1.54) is 0 Å². The second-order valence-corrected chi connectivity index (χ2v) is 7.38. The van der Waals surface area contributed by atoms with Gasteiger partial charge in [0.05, 0.1) is 23.5 Å². The van der Waals surface area contributed by atoms with Crippen molar-refractivity contribution in [2.45, 2.75) is 25.2 Å². The summed E-state index contributed by atoms with van der Waals surface area (Å²) in [5.41, 5.74) is -0.331. The first-order valence-corrected chi connectivity index (χ1v) is 8.67. The van der Waals surface area contributed by atoms with Gasteiger partial charge in [0.2, 0.25) is 10.0 Å². The van der Waals surface area contributed by atoms with Crippen molar-refractivity contribution >= 4 is 22.0 Å². The molecule has 1 atom stereocenters. The summed E-state index contributed by atoms with van der Waals surface area (Å²) in [5.74, 6) is -3.81. The van der Waals surface area contributed by atoms with Crippen molar-refractivity contribution in [1.82, 2.24) is 4.72 Å². The number of carbonyl (C=O) groups excluding carboxylic acids is 1. The number of esters is 1.